The molecule has 0 aromatic carbocycles. The van der Waals surface area contributed by atoms with Gasteiger partial charge in [-0.25, -0.2) is 4.79 Å². The summed E-state index contributed by atoms with van der Waals surface area (Å²) in [6.07, 6.45) is -3.91. The zero-order valence-electron chi connectivity index (χ0n) is 9.01. The van der Waals surface area contributed by atoms with Crippen molar-refractivity contribution in [3.05, 3.63) is 0 Å². The van der Waals surface area contributed by atoms with Gasteiger partial charge in [-0.05, 0) is 6.92 Å². The van der Waals surface area contributed by atoms with Crippen LogP contribution in [-0.4, -0.2) is 45.2 Å². The molecule has 0 heterocycles. The molecule has 4 nitrogen and oxygen atoms in total. The van der Waals surface area contributed by atoms with Gasteiger partial charge in [0.1, 0.15) is 13.2 Å². The number of hydrogen-bond donors (Lipinski definition) is 0. The van der Waals surface area contributed by atoms with Gasteiger partial charge in [0, 0.05) is 19.6 Å². The lowest BCUT2D eigenvalue weighted by molar-refractivity contribution is -0.181. The number of rotatable bonds is 8. The first-order chi connectivity index (χ1) is 7.45. The smallest absolute Gasteiger partial charge is 0.411 e. The van der Waals surface area contributed by atoms with Gasteiger partial charge >= 0.3 is 12.1 Å². The summed E-state index contributed by atoms with van der Waals surface area (Å²) in [6, 6.07) is 0. The van der Waals surface area contributed by atoms with Gasteiger partial charge in [0.15, 0.2) is 0 Å². The number of alkyl halides is 3. The summed E-state index contributed by atoms with van der Waals surface area (Å²) in [5.74, 6) is -0.805. The van der Waals surface area contributed by atoms with E-state index in [1.54, 1.807) is 0 Å². The highest BCUT2D eigenvalue weighted by Crippen LogP contribution is 2.14. The number of halogens is 3. The topological polar surface area (TPSA) is 44.8 Å². The Labute approximate surface area is 91.7 Å². The number of ether oxygens (including phenoxy) is 3. The van der Waals surface area contributed by atoms with Crippen molar-refractivity contribution in [1.29, 1.82) is 0 Å². The van der Waals surface area contributed by atoms with Crippen LogP contribution >= 0.6 is 0 Å². The summed E-state index contributed by atoms with van der Waals surface area (Å²) in [5, 5.41) is 0. The average molecular weight is 244 g/mol. The molecule has 0 rings (SSSR count). The van der Waals surface area contributed by atoms with E-state index in [0.717, 1.165) is 0 Å². The Morgan fingerprint density at radius 3 is 2.44 bits per heavy atom. The van der Waals surface area contributed by atoms with E-state index in [4.69, 9.17) is 4.74 Å². The van der Waals surface area contributed by atoms with Gasteiger partial charge in [0.05, 0.1) is 6.61 Å². The van der Waals surface area contributed by atoms with E-state index in [0.29, 0.717) is 19.6 Å². The molecule has 0 aliphatic rings. The minimum absolute atomic E-state index is 0.119. The van der Waals surface area contributed by atoms with Gasteiger partial charge in [0.2, 0.25) is 0 Å². The molecule has 0 saturated carbocycles. The minimum Gasteiger partial charge on any atom is -0.464 e. The van der Waals surface area contributed by atoms with Gasteiger partial charge in [-0.15, -0.1) is 0 Å². The van der Waals surface area contributed by atoms with E-state index >= 15 is 0 Å². The monoisotopic (exact) mass is 244 g/mol. The van der Waals surface area contributed by atoms with Crippen molar-refractivity contribution >= 4 is 5.97 Å². The summed E-state index contributed by atoms with van der Waals surface area (Å²) in [5.41, 5.74) is 0. The van der Waals surface area contributed by atoms with Crippen molar-refractivity contribution in [2.45, 2.75) is 19.5 Å². The van der Waals surface area contributed by atoms with Crippen molar-refractivity contribution in [2.75, 3.05) is 33.0 Å². The van der Waals surface area contributed by atoms with Gasteiger partial charge in [-0.2, -0.15) is 13.2 Å². The third-order valence-electron chi connectivity index (χ3n) is 1.39. The van der Waals surface area contributed by atoms with E-state index in [1.807, 2.05) is 6.92 Å². The standard InChI is InChI=1S/C9H15F3O4/c1-2-14-4-3-5-16-8(13)6-15-7-9(10,11)12/h2-7H2,1H3. The van der Waals surface area contributed by atoms with Crippen LogP contribution in [0.2, 0.25) is 0 Å². The van der Waals surface area contributed by atoms with Crippen LogP contribution < -0.4 is 0 Å². The van der Waals surface area contributed by atoms with Gasteiger partial charge in [0.25, 0.3) is 0 Å². The molecule has 0 atom stereocenters. The molecule has 0 fully saturated rings. The van der Waals surface area contributed by atoms with E-state index in [1.165, 1.54) is 0 Å². The highest BCUT2D eigenvalue weighted by molar-refractivity contribution is 5.70. The molecular weight excluding hydrogens is 229 g/mol. The molecule has 0 bridgehead atoms. The second kappa shape index (κ2) is 8.35. The maximum Gasteiger partial charge on any atom is 0.411 e. The Morgan fingerprint density at radius 2 is 1.88 bits per heavy atom. The molecule has 0 amide bonds. The number of esters is 1. The number of carbonyl (C=O) groups is 1. The van der Waals surface area contributed by atoms with Crippen molar-refractivity contribution in [3.63, 3.8) is 0 Å². The number of hydrogen-bond acceptors (Lipinski definition) is 4. The van der Waals surface area contributed by atoms with Crippen molar-refractivity contribution in [2.24, 2.45) is 0 Å². The second-order valence-corrected chi connectivity index (χ2v) is 2.88. The molecular formula is C9H15F3O4. The zero-order chi connectivity index (χ0) is 12.4. The molecule has 0 aliphatic carbocycles. The van der Waals surface area contributed by atoms with Crippen LogP contribution in [0.15, 0.2) is 0 Å². The molecule has 0 aromatic heterocycles. The van der Waals surface area contributed by atoms with E-state index < -0.39 is 25.4 Å². The molecule has 16 heavy (non-hydrogen) atoms. The Balaban J connectivity index is 3.32. The molecule has 0 spiro atoms. The van der Waals surface area contributed by atoms with Crippen molar-refractivity contribution in [3.8, 4) is 0 Å². The highest BCUT2D eigenvalue weighted by atomic mass is 19.4. The first kappa shape index (κ1) is 15.2. The predicted molar refractivity (Wildman–Crippen MR) is 48.9 cm³/mol. The first-order valence-corrected chi connectivity index (χ1v) is 4.83. The van der Waals surface area contributed by atoms with E-state index in [9.17, 15) is 18.0 Å². The Hall–Kier alpha value is -0.820. The minimum atomic E-state index is -4.42. The van der Waals surface area contributed by atoms with Crippen LogP contribution in [0, 0.1) is 0 Å². The van der Waals surface area contributed by atoms with Crippen LogP contribution in [0.25, 0.3) is 0 Å². The lowest BCUT2D eigenvalue weighted by atomic mass is 10.5. The van der Waals surface area contributed by atoms with E-state index in [2.05, 4.69) is 9.47 Å². The summed E-state index contributed by atoms with van der Waals surface area (Å²) >= 11 is 0. The fraction of sp³-hybridized carbons (Fsp3) is 0.889. The fourth-order valence-corrected chi connectivity index (χ4v) is 0.783. The average Bonchev–Trinajstić information content (AvgIpc) is 2.15. The van der Waals surface area contributed by atoms with E-state index in [-0.39, 0.29) is 6.61 Å². The second-order valence-electron chi connectivity index (χ2n) is 2.88. The first-order valence-electron chi connectivity index (χ1n) is 4.83. The molecule has 0 aromatic rings. The largest absolute Gasteiger partial charge is 0.464 e. The maximum absolute atomic E-state index is 11.6. The molecule has 0 aliphatic heterocycles. The predicted octanol–water partition coefficient (Wildman–Crippen LogP) is 1.54. The van der Waals surface area contributed by atoms with Gasteiger partial charge < -0.3 is 14.2 Å². The zero-order valence-corrected chi connectivity index (χ0v) is 9.01. The SMILES string of the molecule is CCOCCCOC(=O)COCC(F)(F)F. The Morgan fingerprint density at radius 1 is 1.19 bits per heavy atom. The highest BCUT2D eigenvalue weighted by Gasteiger charge is 2.27. The molecule has 7 heteroatoms. The summed E-state index contributed by atoms with van der Waals surface area (Å²) in [6.45, 7) is 0.843. The summed E-state index contributed by atoms with van der Waals surface area (Å²) in [7, 11) is 0. The van der Waals surface area contributed by atoms with Crippen LogP contribution in [0.5, 0.6) is 0 Å². The Kier molecular flexibility index (Phi) is 7.92. The lowest BCUT2D eigenvalue weighted by Gasteiger charge is -2.07. The molecule has 0 saturated heterocycles. The van der Waals surface area contributed by atoms with Crippen molar-refractivity contribution in [1.82, 2.24) is 0 Å². The summed E-state index contributed by atoms with van der Waals surface area (Å²) in [4.78, 5) is 10.8. The number of carbonyl (C=O) groups excluding carboxylic acids is 1. The maximum atomic E-state index is 11.6. The lowest BCUT2D eigenvalue weighted by Crippen LogP contribution is -2.21. The Bertz CT molecular complexity index is 194. The molecule has 0 unspecified atom stereocenters. The quantitative estimate of drug-likeness (QED) is 0.480. The van der Waals surface area contributed by atoms with Crippen LogP contribution in [-0.2, 0) is 19.0 Å². The van der Waals surface area contributed by atoms with Crippen LogP contribution in [0.4, 0.5) is 13.2 Å². The fourth-order valence-electron chi connectivity index (χ4n) is 0.783. The van der Waals surface area contributed by atoms with Crippen molar-refractivity contribution < 1.29 is 32.2 Å². The van der Waals surface area contributed by atoms with Gasteiger partial charge in [-0.1, -0.05) is 0 Å². The van der Waals surface area contributed by atoms with Gasteiger partial charge in [-0.3, -0.25) is 0 Å². The molecule has 0 radical (unpaired) electrons. The van der Waals surface area contributed by atoms with Crippen LogP contribution in [0.1, 0.15) is 13.3 Å². The molecule has 96 valence electrons. The third-order valence-corrected chi connectivity index (χ3v) is 1.39. The summed E-state index contributed by atoms with van der Waals surface area (Å²) < 4.78 is 48.5. The normalized spacial score (nSPS) is 11.5. The molecule has 0 N–H and O–H groups in total. The van der Waals surface area contributed by atoms with Crippen LogP contribution in [0.3, 0.4) is 0 Å². The third kappa shape index (κ3) is 11.3.